The highest BCUT2D eigenvalue weighted by Gasteiger charge is 2.05. The molecule has 0 N–H and O–H groups in total. The van der Waals surface area contributed by atoms with Gasteiger partial charge in [-0.15, -0.1) is 0 Å². The molecule has 0 spiro atoms. The average molecular weight is 165 g/mol. The van der Waals surface area contributed by atoms with Gasteiger partial charge < -0.3 is 4.74 Å². The minimum Gasteiger partial charge on any atom is -0.479 e. The van der Waals surface area contributed by atoms with Crippen LogP contribution in [-0.4, -0.2) is 23.3 Å². The summed E-state index contributed by atoms with van der Waals surface area (Å²) < 4.78 is 5.01. The molecule has 0 aliphatic heterocycles. The number of methoxy groups -OCH3 is 1. The van der Waals surface area contributed by atoms with E-state index >= 15 is 0 Å². The molecule has 0 saturated carbocycles. The third kappa shape index (κ3) is 1.58. The lowest BCUT2D eigenvalue weighted by Gasteiger charge is -2.03. The van der Waals surface area contributed by atoms with Crippen LogP contribution in [0.5, 0.6) is 5.88 Å². The van der Waals surface area contributed by atoms with Gasteiger partial charge in [-0.05, 0) is 13.8 Å². The van der Waals surface area contributed by atoms with E-state index in [0.29, 0.717) is 11.6 Å². The first-order chi connectivity index (χ1) is 5.79. The van der Waals surface area contributed by atoms with Crippen LogP contribution in [0.15, 0.2) is 11.3 Å². The van der Waals surface area contributed by atoms with Crippen molar-refractivity contribution < 1.29 is 4.74 Å². The molecule has 1 heterocycles. The number of aryl methyl sites for hydroxylation is 1. The van der Waals surface area contributed by atoms with Gasteiger partial charge in [0, 0.05) is 6.21 Å². The first-order valence-corrected chi connectivity index (χ1v) is 3.64. The molecule has 0 saturated heterocycles. The molecule has 1 aromatic rings. The van der Waals surface area contributed by atoms with E-state index in [4.69, 9.17) is 4.74 Å². The van der Waals surface area contributed by atoms with E-state index in [-0.39, 0.29) is 0 Å². The van der Waals surface area contributed by atoms with Crippen molar-refractivity contribution in [2.75, 3.05) is 7.11 Å². The van der Waals surface area contributed by atoms with Gasteiger partial charge in [0.25, 0.3) is 0 Å². The molecule has 12 heavy (non-hydrogen) atoms. The molecule has 0 aromatic carbocycles. The van der Waals surface area contributed by atoms with Crippen LogP contribution in [0, 0.1) is 6.92 Å². The van der Waals surface area contributed by atoms with Gasteiger partial charge in [-0.2, -0.15) is 4.98 Å². The zero-order valence-electron chi connectivity index (χ0n) is 7.40. The summed E-state index contributed by atoms with van der Waals surface area (Å²) in [6.07, 6.45) is 3.15. The molecule has 0 radical (unpaired) electrons. The third-order valence-corrected chi connectivity index (χ3v) is 1.42. The van der Waals surface area contributed by atoms with E-state index in [1.807, 2.05) is 13.8 Å². The molecule has 64 valence electrons. The Morgan fingerprint density at radius 2 is 2.25 bits per heavy atom. The van der Waals surface area contributed by atoms with Crippen molar-refractivity contribution in [1.82, 2.24) is 9.97 Å². The molecular weight excluding hydrogens is 154 g/mol. The van der Waals surface area contributed by atoms with Crippen LogP contribution >= 0.6 is 0 Å². The van der Waals surface area contributed by atoms with Gasteiger partial charge in [-0.3, -0.25) is 4.99 Å². The van der Waals surface area contributed by atoms with Crippen molar-refractivity contribution in [3.05, 3.63) is 12.0 Å². The summed E-state index contributed by atoms with van der Waals surface area (Å²) >= 11 is 0. The highest BCUT2D eigenvalue weighted by Crippen LogP contribution is 2.25. The Bertz CT molecular complexity index is 296. The van der Waals surface area contributed by atoms with Crippen LogP contribution in [0.4, 0.5) is 5.69 Å². The lowest BCUT2D eigenvalue weighted by atomic mass is 10.4. The number of rotatable bonds is 2. The van der Waals surface area contributed by atoms with Crippen molar-refractivity contribution in [2.45, 2.75) is 13.8 Å². The second-order valence-electron chi connectivity index (χ2n) is 2.20. The molecule has 0 unspecified atom stereocenters. The Balaban J connectivity index is 3.19. The maximum absolute atomic E-state index is 5.01. The number of nitrogens with zero attached hydrogens (tertiary/aromatic N) is 3. The van der Waals surface area contributed by atoms with Gasteiger partial charge in [-0.25, -0.2) is 4.98 Å². The predicted molar refractivity (Wildman–Crippen MR) is 47.1 cm³/mol. The summed E-state index contributed by atoms with van der Waals surface area (Å²) in [5.74, 6) is 0.514. The molecule has 4 nitrogen and oxygen atoms in total. The number of aromatic nitrogens is 2. The summed E-state index contributed by atoms with van der Waals surface area (Å²) in [6.45, 7) is 3.71. The van der Waals surface area contributed by atoms with Crippen LogP contribution in [0.3, 0.4) is 0 Å². The minimum atomic E-state index is 0.514. The lowest BCUT2D eigenvalue weighted by Crippen LogP contribution is -1.92. The van der Waals surface area contributed by atoms with E-state index in [2.05, 4.69) is 15.0 Å². The fourth-order valence-corrected chi connectivity index (χ4v) is 0.872. The Morgan fingerprint density at radius 3 is 2.83 bits per heavy atom. The molecule has 1 aromatic heterocycles. The second-order valence-corrected chi connectivity index (χ2v) is 2.20. The van der Waals surface area contributed by atoms with Crippen molar-refractivity contribution in [3.8, 4) is 5.88 Å². The van der Waals surface area contributed by atoms with Crippen LogP contribution in [0.1, 0.15) is 12.6 Å². The van der Waals surface area contributed by atoms with Gasteiger partial charge in [0.1, 0.15) is 12.0 Å². The summed E-state index contributed by atoms with van der Waals surface area (Å²) in [4.78, 5) is 12.0. The van der Waals surface area contributed by atoms with E-state index < -0.39 is 0 Å². The Labute approximate surface area is 71.3 Å². The zero-order valence-corrected chi connectivity index (χ0v) is 7.40. The SMILES string of the molecule is CC=Nc1c(C)ncnc1OC. The molecular formula is C8H11N3O. The fraction of sp³-hybridized carbons (Fsp3) is 0.375. The Kier molecular flexibility index (Phi) is 2.74. The predicted octanol–water partition coefficient (Wildman–Crippen LogP) is 1.52. The van der Waals surface area contributed by atoms with E-state index in [0.717, 1.165) is 5.69 Å². The molecule has 0 bridgehead atoms. The highest BCUT2D eigenvalue weighted by molar-refractivity contribution is 5.64. The van der Waals surface area contributed by atoms with Crippen molar-refractivity contribution >= 4 is 11.9 Å². The van der Waals surface area contributed by atoms with Gasteiger partial charge in [0.2, 0.25) is 5.88 Å². The maximum Gasteiger partial charge on any atom is 0.243 e. The molecule has 0 aliphatic carbocycles. The first-order valence-electron chi connectivity index (χ1n) is 3.64. The zero-order chi connectivity index (χ0) is 8.97. The smallest absolute Gasteiger partial charge is 0.243 e. The first kappa shape index (κ1) is 8.64. The summed E-state index contributed by atoms with van der Waals surface area (Å²) in [7, 11) is 1.57. The van der Waals surface area contributed by atoms with E-state index in [9.17, 15) is 0 Å². The van der Waals surface area contributed by atoms with Crippen LogP contribution in [0.25, 0.3) is 0 Å². The maximum atomic E-state index is 5.01. The van der Waals surface area contributed by atoms with Crippen LogP contribution in [0.2, 0.25) is 0 Å². The van der Waals surface area contributed by atoms with E-state index in [1.165, 1.54) is 6.33 Å². The standard InChI is InChI=1S/C8H11N3O/c1-4-9-7-6(2)10-5-11-8(7)12-3/h4-5H,1-3H3. The van der Waals surface area contributed by atoms with Crippen LogP contribution in [-0.2, 0) is 0 Å². The highest BCUT2D eigenvalue weighted by atomic mass is 16.5. The van der Waals surface area contributed by atoms with Crippen molar-refractivity contribution in [3.63, 3.8) is 0 Å². The molecule has 0 aliphatic rings. The van der Waals surface area contributed by atoms with Gasteiger partial charge >= 0.3 is 0 Å². The van der Waals surface area contributed by atoms with Crippen molar-refractivity contribution in [1.29, 1.82) is 0 Å². The number of hydrogen-bond donors (Lipinski definition) is 0. The lowest BCUT2D eigenvalue weighted by molar-refractivity contribution is 0.398. The average Bonchev–Trinajstić information content (AvgIpc) is 2.09. The van der Waals surface area contributed by atoms with Crippen LogP contribution < -0.4 is 4.74 Å². The quantitative estimate of drug-likeness (QED) is 0.624. The Morgan fingerprint density at radius 1 is 1.50 bits per heavy atom. The Hall–Kier alpha value is -1.45. The van der Waals surface area contributed by atoms with Gasteiger partial charge in [-0.1, -0.05) is 0 Å². The molecule has 0 fully saturated rings. The molecule has 1 rings (SSSR count). The van der Waals surface area contributed by atoms with Gasteiger partial charge in [0.05, 0.1) is 12.8 Å². The van der Waals surface area contributed by atoms with Crippen molar-refractivity contribution in [2.24, 2.45) is 4.99 Å². The number of aliphatic imine (C=N–C) groups is 1. The minimum absolute atomic E-state index is 0.514. The summed E-state index contributed by atoms with van der Waals surface area (Å²) in [6, 6.07) is 0. The number of ether oxygens (including phenoxy) is 1. The third-order valence-electron chi connectivity index (χ3n) is 1.42. The van der Waals surface area contributed by atoms with E-state index in [1.54, 1.807) is 13.3 Å². The second kappa shape index (κ2) is 3.80. The summed E-state index contributed by atoms with van der Waals surface area (Å²) in [5.41, 5.74) is 1.52. The topological polar surface area (TPSA) is 47.4 Å². The normalized spacial score (nSPS) is 10.6. The molecule has 0 atom stereocenters. The molecule has 0 amide bonds. The monoisotopic (exact) mass is 165 g/mol. The summed E-state index contributed by atoms with van der Waals surface area (Å²) in [5, 5.41) is 0. The van der Waals surface area contributed by atoms with Gasteiger partial charge in [0.15, 0.2) is 0 Å². The largest absolute Gasteiger partial charge is 0.479 e. The molecule has 4 heteroatoms. The number of hydrogen-bond acceptors (Lipinski definition) is 4. The fourth-order valence-electron chi connectivity index (χ4n) is 0.872.